The Morgan fingerprint density at radius 2 is 2.03 bits per heavy atom. The highest BCUT2D eigenvalue weighted by Gasteiger charge is 2.28. The third-order valence-corrected chi connectivity index (χ3v) is 4.83. The summed E-state index contributed by atoms with van der Waals surface area (Å²) >= 11 is 0. The maximum Gasteiger partial charge on any atom is 0.249 e. The lowest BCUT2D eigenvalue weighted by Gasteiger charge is -2.29. The molecule has 0 bridgehead atoms. The number of carbonyl (C=O) groups is 1. The zero-order chi connectivity index (χ0) is 20.1. The van der Waals surface area contributed by atoms with E-state index < -0.39 is 0 Å². The van der Waals surface area contributed by atoms with Crippen LogP contribution in [0.2, 0.25) is 0 Å². The molecule has 2 atom stereocenters. The maximum absolute atomic E-state index is 13.2. The number of imidazole rings is 1. The van der Waals surface area contributed by atoms with Crippen LogP contribution in [0.5, 0.6) is 11.5 Å². The number of aromatic nitrogens is 2. The van der Waals surface area contributed by atoms with Crippen LogP contribution in [0.4, 0.5) is 4.39 Å². The molecule has 0 saturated carbocycles. The van der Waals surface area contributed by atoms with Gasteiger partial charge in [-0.15, -0.1) is 0 Å². The Hall–Kier alpha value is -3.19. The normalized spacial score (nSPS) is 18.9. The number of nitrogens with one attached hydrogen (secondary N) is 1. The van der Waals surface area contributed by atoms with Gasteiger partial charge in [0.15, 0.2) is 0 Å². The third kappa shape index (κ3) is 5.00. The summed E-state index contributed by atoms with van der Waals surface area (Å²) in [7, 11) is 0. The molecule has 0 radical (unpaired) electrons. The number of rotatable bonds is 6. The van der Waals surface area contributed by atoms with Gasteiger partial charge in [-0.1, -0.05) is 12.1 Å². The molecule has 29 heavy (non-hydrogen) atoms. The Morgan fingerprint density at radius 3 is 2.79 bits per heavy atom. The lowest BCUT2D eigenvalue weighted by atomic mass is 10.0. The lowest BCUT2D eigenvalue weighted by Crippen LogP contribution is -2.48. The second kappa shape index (κ2) is 8.87. The van der Waals surface area contributed by atoms with Crippen LogP contribution in [0.15, 0.2) is 67.3 Å². The van der Waals surface area contributed by atoms with Crippen LogP contribution in [0.1, 0.15) is 23.2 Å². The number of halogens is 1. The second-order valence-electron chi connectivity index (χ2n) is 6.97. The summed E-state index contributed by atoms with van der Waals surface area (Å²) in [4.78, 5) is 16.4. The number of hydrogen-bond donors (Lipinski definition) is 1. The summed E-state index contributed by atoms with van der Waals surface area (Å²) in [5, 5.41) is 3.24. The SMILES string of the molecule is O=C(C1CC(Oc2ccc(OCc3cccc(F)c3)cc2)CCN1)n1ccnc1. The van der Waals surface area contributed by atoms with Crippen molar-refractivity contribution in [1.82, 2.24) is 14.9 Å². The molecule has 1 fully saturated rings. The molecular weight excluding hydrogens is 373 g/mol. The Kier molecular flexibility index (Phi) is 5.86. The van der Waals surface area contributed by atoms with E-state index in [4.69, 9.17) is 9.47 Å². The van der Waals surface area contributed by atoms with Crippen LogP contribution < -0.4 is 14.8 Å². The minimum atomic E-state index is -0.295. The van der Waals surface area contributed by atoms with Gasteiger partial charge < -0.3 is 14.8 Å². The highest BCUT2D eigenvalue weighted by atomic mass is 19.1. The van der Waals surface area contributed by atoms with Crippen molar-refractivity contribution in [3.8, 4) is 11.5 Å². The number of ether oxygens (including phenoxy) is 2. The van der Waals surface area contributed by atoms with Crippen molar-refractivity contribution in [3.63, 3.8) is 0 Å². The monoisotopic (exact) mass is 395 g/mol. The van der Waals surface area contributed by atoms with E-state index in [-0.39, 0.29) is 23.9 Å². The molecule has 2 heterocycles. The van der Waals surface area contributed by atoms with E-state index in [1.165, 1.54) is 23.0 Å². The number of hydrogen-bond acceptors (Lipinski definition) is 5. The molecule has 7 heteroatoms. The smallest absolute Gasteiger partial charge is 0.249 e. The Morgan fingerprint density at radius 1 is 1.21 bits per heavy atom. The van der Waals surface area contributed by atoms with Gasteiger partial charge in [0.2, 0.25) is 5.91 Å². The standard InChI is InChI=1S/C22H22FN3O3/c23-17-3-1-2-16(12-17)14-28-18-4-6-19(7-5-18)29-20-8-9-25-21(13-20)22(27)26-11-10-24-15-26/h1-7,10-12,15,20-21,25H,8-9,13-14H2. The average molecular weight is 395 g/mol. The molecular formula is C22H22FN3O3. The van der Waals surface area contributed by atoms with Gasteiger partial charge in [0, 0.05) is 18.8 Å². The minimum Gasteiger partial charge on any atom is -0.490 e. The molecule has 2 unspecified atom stereocenters. The number of carbonyl (C=O) groups excluding carboxylic acids is 1. The largest absolute Gasteiger partial charge is 0.490 e. The fourth-order valence-corrected chi connectivity index (χ4v) is 3.35. The quantitative estimate of drug-likeness (QED) is 0.693. The zero-order valence-corrected chi connectivity index (χ0v) is 15.8. The van der Waals surface area contributed by atoms with E-state index in [1.807, 2.05) is 30.3 Å². The summed E-state index contributed by atoms with van der Waals surface area (Å²) in [5.41, 5.74) is 0.772. The van der Waals surface area contributed by atoms with Crippen molar-refractivity contribution in [3.05, 3.63) is 78.6 Å². The molecule has 1 aliphatic heterocycles. The summed E-state index contributed by atoms with van der Waals surface area (Å²) in [6.45, 7) is 1.01. The van der Waals surface area contributed by atoms with Gasteiger partial charge in [0.1, 0.15) is 36.4 Å². The summed E-state index contributed by atoms with van der Waals surface area (Å²) in [6, 6.07) is 13.4. The first-order valence-electron chi connectivity index (χ1n) is 9.57. The molecule has 2 aromatic carbocycles. The van der Waals surface area contributed by atoms with Gasteiger partial charge in [0.05, 0.1) is 6.04 Å². The Balaban J connectivity index is 1.30. The molecule has 6 nitrogen and oxygen atoms in total. The molecule has 0 spiro atoms. The van der Waals surface area contributed by atoms with Gasteiger partial charge in [0.25, 0.3) is 0 Å². The van der Waals surface area contributed by atoms with Crippen molar-refractivity contribution in [1.29, 1.82) is 0 Å². The highest BCUT2D eigenvalue weighted by Crippen LogP contribution is 2.23. The molecule has 1 saturated heterocycles. The minimum absolute atomic E-state index is 0.0307. The lowest BCUT2D eigenvalue weighted by molar-refractivity contribution is 0.0757. The van der Waals surface area contributed by atoms with Gasteiger partial charge in [-0.2, -0.15) is 0 Å². The Bertz CT molecular complexity index is 944. The van der Waals surface area contributed by atoms with Crippen LogP contribution in [0, 0.1) is 5.82 Å². The molecule has 4 rings (SSSR count). The summed E-state index contributed by atoms with van der Waals surface area (Å²) in [6.07, 6.45) is 6.12. The zero-order valence-electron chi connectivity index (χ0n) is 15.8. The molecule has 1 aromatic heterocycles. The summed E-state index contributed by atoms with van der Waals surface area (Å²) in [5.74, 6) is 1.10. The molecule has 1 aliphatic rings. The summed E-state index contributed by atoms with van der Waals surface area (Å²) < 4.78 is 26.5. The van der Waals surface area contributed by atoms with Crippen molar-refractivity contribution < 1.29 is 18.7 Å². The molecule has 0 amide bonds. The van der Waals surface area contributed by atoms with Gasteiger partial charge in [-0.05, 0) is 54.9 Å². The van der Waals surface area contributed by atoms with Crippen LogP contribution in [0.25, 0.3) is 0 Å². The van der Waals surface area contributed by atoms with E-state index in [0.717, 1.165) is 17.7 Å². The van der Waals surface area contributed by atoms with Crippen molar-refractivity contribution in [2.45, 2.75) is 31.6 Å². The molecule has 1 N–H and O–H groups in total. The number of piperidine rings is 1. The number of benzene rings is 2. The van der Waals surface area contributed by atoms with Gasteiger partial charge in [-0.25, -0.2) is 9.37 Å². The first-order valence-corrected chi connectivity index (χ1v) is 9.57. The Labute approximate surface area is 168 Å². The van der Waals surface area contributed by atoms with Crippen molar-refractivity contribution >= 4 is 5.91 Å². The van der Waals surface area contributed by atoms with E-state index in [9.17, 15) is 9.18 Å². The fraction of sp³-hybridized carbons (Fsp3) is 0.273. The van der Waals surface area contributed by atoms with Crippen LogP contribution in [-0.4, -0.2) is 34.1 Å². The van der Waals surface area contributed by atoms with E-state index in [1.54, 1.807) is 18.5 Å². The molecule has 150 valence electrons. The average Bonchev–Trinajstić information content (AvgIpc) is 3.28. The first kappa shape index (κ1) is 19.1. The molecule has 0 aliphatic carbocycles. The van der Waals surface area contributed by atoms with Crippen LogP contribution >= 0.6 is 0 Å². The third-order valence-electron chi connectivity index (χ3n) is 4.83. The van der Waals surface area contributed by atoms with Gasteiger partial charge in [-0.3, -0.25) is 9.36 Å². The second-order valence-corrected chi connectivity index (χ2v) is 6.97. The van der Waals surface area contributed by atoms with E-state index in [2.05, 4.69) is 10.3 Å². The maximum atomic E-state index is 13.2. The van der Waals surface area contributed by atoms with E-state index >= 15 is 0 Å². The topological polar surface area (TPSA) is 65.4 Å². The van der Waals surface area contributed by atoms with Crippen LogP contribution in [-0.2, 0) is 6.61 Å². The number of nitrogens with zero attached hydrogens (tertiary/aromatic N) is 2. The fourth-order valence-electron chi connectivity index (χ4n) is 3.35. The van der Waals surface area contributed by atoms with Crippen LogP contribution in [0.3, 0.4) is 0 Å². The first-order chi connectivity index (χ1) is 14.2. The van der Waals surface area contributed by atoms with E-state index in [0.29, 0.717) is 25.3 Å². The van der Waals surface area contributed by atoms with Crippen molar-refractivity contribution in [2.75, 3.05) is 6.54 Å². The predicted molar refractivity (Wildman–Crippen MR) is 105 cm³/mol. The van der Waals surface area contributed by atoms with Crippen molar-refractivity contribution in [2.24, 2.45) is 0 Å². The van der Waals surface area contributed by atoms with Gasteiger partial charge >= 0.3 is 0 Å². The predicted octanol–water partition coefficient (Wildman–Crippen LogP) is 3.44. The molecule has 3 aromatic rings. The highest BCUT2D eigenvalue weighted by molar-refractivity contribution is 5.84.